The van der Waals surface area contributed by atoms with Gasteiger partial charge in [0.25, 0.3) is 0 Å². The van der Waals surface area contributed by atoms with Crippen LogP contribution >= 0.6 is 0 Å². The highest BCUT2D eigenvalue weighted by atomic mass is 16.7. The van der Waals surface area contributed by atoms with Gasteiger partial charge in [-0.05, 0) is 11.6 Å². The number of benzene rings is 2. The van der Waals surface area contributed by atoms with Gasteiger partial charge in [0.2, 0.25) is 6.29 Å². The predicted octanol–water partition coefficient (Wildman–Crippen LogP) is 0.319. The van der Waals surface area contributed by atoms with Crippen LogP contribution in [0.15, 0.2) is 48.5 Å². The molecule has 0 spiro atoms. The first-order valence-corrected chi connectivity index (χ1v) is 8.71. The van der Waals surface area contributed by atoms with Crippen LogP contribution in [0.3, 0.4) is 0 Å². The second-order valence-electron chi connectivity index (χ2n) is 6.35. The van der Waals surface area contributed by atoms with E-state index in [1.165, 1.54) is 13.2 Å². The Hall–Kier alpha value is -2.49. The van der Waals surface area contributed by atoms with Crippen LogP contribution in [0.1, 0.15) is 10.4 Å². The van der Waals surface area contributed by atoms with Crippen molar-refractivity contribution in [3.63, 3.8) is 0 Å². The van der Waals surface area contributed by atoms with E-state index in [4.69, 9.17) is 14.2 Å². The Morgan fingerprint density at radius 1 is 1.00 bits per heavy atom. The molecule has 150 valence electrons. The molecule has 1 saturated heterocycles. The lowest BCUT2D eigenvalue weighted by Gasteiger charge is -2.39. The van der Waals surface area contributed by atoms with Crippen LogP contribution in [-0.4, -0.2) is 70.8 Å². The molecule has 0 radical (unpaired) electrons. The second-order valence-corrected chi connectivity index (χ2v) is 6.35. The Kier molecular flexibility index (Phi) is 6.28. The first kappa shape index (κ1) is 20.2. The van der Waals surface area contributed by atoms with Gasteiger partial charge in [-0.25, -0.2) is 4.79 Å². The van der Waals surface area contributed by atoms with Crippen LogP contribution in [0.5, 0.6) is 5.75 Å². The van der Waals surface area contributed by atoms with Crippen molar-refractivity contribution >= 4 is 5.97 Å². The van der Waals surface area contributed by atoms with Crippen molar-refractivity contribution in [3.8, 4) is 16.9 Å². The van der Waals surface area contributed by atoms with Gasteiger partial charge in [-0.2, -0.15) is 0 Å². The van der Waals surface area contributed by atoms with E-state index < -0.39 is 43.3 Å². The van der Waals surface area contributed by atoms with Crippen molar-refractivity contribution in [2.75, 3.05) is 13.7 Å². The summed E-state index contributed by atoms with van der Waals surface area (Å²) in [5.41, 5.74) is 1.38. The third-order valence-electron chi connectivity index (χ3n) is 4.59. The molecule has 1 aliphatic rings. The summed E-state index contributed by atoms with van der Waals surface area (Å²) in [6, 6.07) is 14.0. The van der Waals surface area contributed by atoms with Gasteiger partial charge in [-0.15, -0.1) is 0 Å². The van der Waals surface area contributed by atoms with Crippen molar-refractivity contribution in [1.29, 1.82) is 0 Å². The van der Waals surface area contributed by atoms with E-state index in [9.17, 15) is 25.2 Å². The largest absolute Gasteiger partial charge is 0.465 e. The number of carbonyl (C=O) groups is 1. The molecule has 8 heteroatoms. The summed E-state index contributed by atoms with van der Waals surface area (Å²) in [7, 11) is 1.23. The lowest BCUT2D eigenvalue weighted by Crippen LogP contribution is -2.60. The summed E-state index contributed by atoms with van der Waals surface area (Å²) in [5, 5.41) is 39.6. The second kappa shape index (κ2) is 8.68. The third kappa shape index (κ3) is 3.87. The number of aliphatic hydroxyl groups excluding tert-OH is 4. The number of para-hydroxylation sites is 1. The topological polar surface area (TPSA) is 126 Å². The van der Waals surface area contributed by atoms with Crippen molar-refractivity contribution in [2.45, 2.75) is 30.7 Å². The number of ether oxygens (including phenoxy) is 3. The molecule has 4 N–H and O–H groups in total. The zero-order valence-electron chi connectivity index (χ0n) is 15.1. The standard InChI is InChI=1S/C20H22O8/c1-26-19(25)13-9-5-8-12(11-6-3-2-4-7-11)18(13)28-20-17(24)16(23)15(22)14(10-21)27-20/h2-9,14-17,20-24H,10H2,1H3/t14-,15-,16+,17+,20?/m1/s1. The van der Waals surface area contributed by atoms with Gasteiger partial charge < -0.3 is 34.6 Å². The number of aliphatic hydroxyl groups is 4. The normalized spacial score (nSPS) is 27.2. The molecular weight excluding hydrogens is 368 g/mol. The number of methoxy groups -OCH3 is 1. The van der Waals surface area contributed by atoms with Gasteiger partial charge in [-0.1, -0.05) is 42.5 Å². The van der Waals surface area contributed by atoms with Gasteiger partial charge in [0.1, 0.15) is 35.7 Å². The quantitative estimate of drug-likeness (QED) is 0.538. The molecule has 5 atom stereocenters. The Morgan fingerprint density at radius 3 is 2.36 bits per heavy atom. The molecule has 0 bridgehead atoms. The van der Waals surface area contributed by atoms with Crippen LogP contribution in [0.2, 0.25) is 0 Å². The van der Waals surface area contributed by atoms with Crippen molar-refractivity contribution in [3.05, 3.63) is 54.1 Å². The van der Waals surface area contributed by atoms with Gasteiger partial charge in [0, 0.05) is 5.56 Å². The van der Waals surface area contributed by atoms with Crippen LogP contribution < -0.4 is 4.74 Å². The monoisotopic (exact) mass is 390 g/mol. The zero-order chi connectivity index (χ0) is 20.3. The summed E-state index contributed by atoms with van der Waals surface area (Å²) in [6.07, 6.45) is -7.27. The minimum absolute atomic E-state index is 0.0879. The summed E-state index contributed by atoms with van der Waals surface area (Å²) >= 11 is 0. The average Bonchev–Trinajstić information content (AvgIpc) is 2.74. The number of hydrogen-bond acceptors (Lipinski definition) is 8. The lowest BCUT2D eigenvalue weighted by molar-refractivity contribution is -0.277. The summed E-state index contributed by atoms with van der Waals surface area (Å²) in [5.74, 6) is -0.567. The molecule has 1 fully saturated rings. The molecule has 28 heavy (non-hydrogen) atoms. The molecular formula is C20H22O8. The van der Waals surface area contributed by atoms with Crippen molar-refractivity contribution in [2.24, 2.45) is 0 Å². The summed E-state index contributed by atoms with van der Waals surface area (Å²) in [4.78, 5) is 12.2. The molecule has 0 aromatic heterocycles. The van der Waals surface area contributed by atoms with E-state index in [1.54, 1.807) is 12.1 Å². The predicted molar refractivity (Wildman–Crippen MR) is 97.6 cm³/mol. The number of esters is 1. The van der Waals surface area contributed by atoms with Crippen molar-refractivity contribution in [1.82, 2.24) is 0 Å². The maximum absolute atomic E-state index is 12.2. The van der Waals surface area contributed by atoms with E-state index >= 15 is 0 Å². The summed E-state index contributed by atoms with van der Waals surface area (Å²) in [6.45, 7) is -0.588. The Bertz CT molecular complexity index is 807. The maximum atomic E-state index is 12.2. The SMILES string of the molecule is COC(=O)c1cccc(-c2ccccc2)c1OC1O[C@H](CO)[C@@H](O)[C@H](O)[C@@H]1O. The van der Waals surface area contributed by atoms with E-state index in [0.717, 1.165) is 5.56 Å². The molecule has 0 amide bonds. The number of rotatable bonds is 5. The van der Waals surface area contributed by atoms with E-state index in [1.807, 2.05) is 30.3 Å². The van der Waals surface area contributed by atoms with E-state index in [2.05, 4.69) is 0 Å². The highest BCUT2D eigenvalue weighted by Gasteiger charge is 2.45. The van der Waals surface area contributed by atoms with Gasteiger partial charge >= 0.3 is 5.97 Å². The van der Waals surface area contributed by atoms with Crippen LogP contribution in [0.25, 0.3) is 11.1 Å². The number of carbonyl (C=O) groups excluding carboxylic acids is 1. The van der Waals surface area contributed by atoms with Crippen LogP contribution in [0, 0.1) is 0 Å². The fourth-order valence-corrected chi connectivity index (χ4v) is 3.06. The first-order chi connectivity index (χ1) is 13.5. The summed E-state index contributed by atoms with van der Waals surface area (Å²) < 4.78 is 16.0. The molecule has 0 saturated carbocycles. The molecule has 3 rings (SSSR count). The minimum Gasteiger partial charge on any atom is -0.465 e. The van der Waals surface area contributed by atoms with Gasteiger partial charge in [0.05, 0.1) is 13.7 Å². The maximum Gasteiger partial charge on any atom is 0.341 e. The first-order valence-electron chi connectivity index (χ1n) is 8.71. The zero-order valence-corrected chi connectivity index (χ0v) is 15.1. The molecule has 1 unspecified atom stereocenters. The Morgan fingerprint density at radius 2 is 1.71 bits per heavy atom. The molecule has 1 heterocycles. The lowest BCUT2D eigenvalue weighted by atomic mass is 9.98. The van der Waals surface area contributed by atoms with E-state index in [0.29, 0.717) is 5.56 Å². The van der Waals surface area contributed by atoms with Crippen LogP contribution in [-0.2, 0) is 9.47 Å². The molecule has 8 nitrogen and oxygen atoms in total. The van der Waals surface area contributed by atoms with E-state index in [-0.39, 0.29) is 11.3 Å². The fraction of sp³-hybridized carbons (Fsp3) is 0.350. The van der Waals surface area contributed by atoms with Gasteiger partial charge in [-0.3, -0.25) is 0 Å². The molecule has 2 aromatic rings. The van der Waals surface area contributed by atoms with Gasteiger partial charge in [0.15, 0.2) is 0 Å². The Labute approximate surface area is 161 Å². The fourth-order valence-electron chi connectivity index (χ4n) is 3.06. The molecule has 1 aliphatic heterocycles. The minimum atomic E-state index is -1.60. The highest BCUT2D eigenvalue weighted by molar-refractivity contribution is 5.95. The smallest absolute Gasteiger partial charge is 0.341 e. The van der Waals surface area contributed by atoms with Crippen molar-refractivity contribution < 1.29 is 39.4 Å². The average molecular weight is 390 g/mol. The van der Waals surface area contributed by atoms with Crippen LogP contribution in [0.4, 0.5) is 0 Å². The highest BCUT2D eigenvalue weighted by Crippen LogP contribution is 2.36. The Balaban J connectivity index is 2.03. The number of hydrogen-bond donors (Lipinski definition) is 4. The third-order valence-corrected chi connectivity index (χ3v) is 4.59. The molecule has 0 aliphatic carbocycles. The molecule has 2 aromatic carbocycles.